The van der Waals surface area contributed by atoms with E-state index < -0.39 is 0 Å². The number of halogens is 1. The molecule has 0 unspecified atom stereocenters. The number of nitrogens with zero attached hydrogens (tertiary/aromatic N) is 4. The van der Waals surface area contributed by atoms with Crippen LogP contribution in [-0.2, 0) is 6.54 Å². The molecule has 0 radical (unpaired) electrons. The molecule has 0 N–H and O–H groups in total. The van der Waals surface area contributed by atoms with Crippen molar-refractivity contribution in [2.75, 3.05) is 37.7 Å². The highest BCUT2D eigenvalue weighted by Crippen LogP contribution is 2.39. The Kier molecular flexibility index (Phi) is 5.27. The van der Waals surface area contributed by atoms with Crippen molar-refractivity contribution in [3.05, 3.63) is 46.9 Å². The van der Waals surface area contributed by atoms with Gasteiger partial charge in [-0.05, 0) is 37.5 Å². The number of anilines is 1. The van der Waals surface area contributed by atoms with Crippen LogP contribution in [0, 0.1) is 0 Å². The van der Waals surface area contributed by atoms with E-state index >= 15 is 0 Å². The summed E-state index contributed by atoms with van der Waals surface area (Å²) in [5.74, 6) is 3.36. The number of rotatable bonds is 6. The molecule has 0 atom stereocenters. The molecule has 0 bridgehead atoms. The van der Waals surface area contributed by atoms with Crippen LogP contribution in [-0.4, -0.2) is 47.7 Å². The Labute approximate surface area is 160 Å². The summed E-state index contributed by atoms with van der Waals surface area (Å²) in [5.41, 5.74) is 1.32. The third-order valence-corrected chi connectivity index (χ3v) is 5.17. The monoisotopic (exact) mass is 372 g/mol. The van der Waals surface area contributed by atoms with Gasteiger partial charge in [0.1, 0.15) is 22.5 Å². The van der Waals surface area contributed by atoms with Gasteiger partial charge in [0.15, 0.2) is 0 Å². The number of piperazine rings is 1. The maximum absolute atomic E-state index is 6.21. The van der Waals surface area contributed by atoms with Crippen molar-refractivity contribution < 1.29 is 4.74 Å². The zero-order chi connectivity index (χ0) is 17.9. The predicted molar refractivity (Wildman–Crippen MR) is 104 cm³/mol. The summed E-state index contributed by atoms with van der Waals surface area (Å²) in [4.78, 5) is 14.0. The minimum atomic E-state index is 0.522. The molecular weight excluding hydrogens is 348 g/mol. The molecular formula is C20H25ClN4O. The van der Waals surface area contributed by atoms with Crippen molar-refractivity contribution in [2.45, 2.75) is 32.2 Å². The molecule has 2 aliphatic rings. The van der Waals surface area contributed by atoms with Crippen molar-refractivity contribution in [2.24, 2.45) is 0 Å². The molecule has 5 nitrogen and oxygen atoms in total. The first kappa shape index (κ1) is 17.6. The van der Waals surface area contributed by atoms with Gasteiger partial charge < -0.3 is 9.64 Å². The van der Waals surface area contributed by atoms with Crippen LogP contribution in [0.4, 0.5) is 5.82 Å². The van der Waals surface area contributed by atoms with Gasteiger partial charge in [-0.25, -0.2) is 9.97 Å². The summed E-state index contributed by atoms with van der Waals surface area (Å²) in [7, 11) is 0. The minimum absolute atomic E-state index is 0.522. The summed E-state index contributed by atoms with van der Waals surface area (Å²) < 4.78 is 5.51. The molecule has 138 valence electrons. The molecule has 1 aromatic heterocycles. The molecule has 0 amide bonds. The van der Waals surface area contributed by atoms with Gasteiger partial charge in [0.05, 0.1) is 6.61 Å². The van der Waals surface area contributed by atoms with Crippen LogP contribution in [0.25, 0.3) is 0 Å². The molecule has 1 aliphatic carbocycles. The highest BCUT2D eigenvalue weighted by Gasteiger charge is 2.28. The van der Waals surface area contributed by atoms with Crippen LogP contribution in [0.5, 0.6) is 5.75 Å². The fourth-order valence-electron chi connectivity index (χ4n) is 3.36. The Balaban J connectivity index is 1.34. The average molecular weight is 373 g/mol. The van der Waals surface area contributed by atoms with Crippen LogP contribution in [0.3, 0.4) is 0 Å². The van der Waals surface area contributed by atoms with Crippen molar-refractivity contribution in [3.8, 4) is 5.75 Å². The number of hydrogen-bond acceptors (Lipinski definition) is 5. The molecule has 4 rings (SSSR count). The number of hydrogen-bond donors (Lipinski definition) is 0. The van der Waals surface area contributed by atoms with E-state index in [1.54, 1.807) is 0 Å². The third kappa shape index (κ3) is 4.27. The first-order valence-electron chi connectivity index (χ1n) is 9.45. The predicted octanol–water partition coefficient (Wildman–Crippen LogP) is 3.73. The number of ether oxygens (including phenoxy) is 1. The smallest absolute Gasteiger partial charge is 0.135 e. The minimum Gasteiger partial charge on any atom is -0.494 e. The van der Waals surface area contributed by atoms with Gasteiger partial charge >= 0.3 is 0 Å². The van der Waals surface area contributed by atoms with Gasteiger partial charge in [0, 0.05) is 44.7 Å². The normalized spacial score (nSPS) is 18.2. The van der Waals surface area contributed by atoms with E-state index in [9.17, 15) is 0 Å². The van der Waals surface area contributed by atoms with E-state index in [4.69, 9.17) is 21.3 Å². The number of benzene rings is 1. The van der Waals surface area contributed by atoms with E-state index in [2.05, 4.69) is 39.0 Å². The lowest BCUT2D eigenvalue weighted by Gasteiger charge is -2.35. The fourth-order valence-corrected chi connectivity index (χ4v) is 3.54. The third-order valence-electron chi connectivity index (χ3n) is 4.98. The van der Waals surface area contributed by atoms with E-state index in [1.807, 2.05) is 13.0 Å². The highest BCUT2D eigenvalue weighted by atomic mass is 35.5. The molecule has 2 aromatic rings. The molecule has 1 aromatic carbocycles. The van der Waals surface area contributed by atoms with Crippen LogP contribution in [0.1, 0.15) is 37.1 Å². The maximum Gasteiger partial charge on any atom is 0.135 e. The second-order valence-electron chi connectivity index (χ2n) is 7.02. The van der Waals surface area contributed by atoms with Gasteiger partial charge in [-0.2, -0.15) is 0 Å². The Morgan fingerprint density at radius 2 is 1.81 bits per heavy atom. The summed E-state index contributed by atoms with van der Waals surface area (Å²) in [6.07, 6.45) is 2.38. The second kappa shape index (κ2) is 7.80. The lowest BCUT2D eigenvalue weighted by atomic mass is 10.2. The van der Waals surface area contributed by atoms with Crippen molar-refractivity contribution in [1.82, 2.24) is 14.9 Å². The summed E-state index contributed by atoms with van der Waals surface area (Å²) >= 11 is 6.21. The largest absolute Gasteiger partial charge is 0.494 e. The van der Waals surface area contributed by atoms with Crippen LogP contribution >= 0.6 is 11.6 Å². The van der Waals surface area contributed by atoms with E-state index in [1.165, 1.54) is 18.4 Å². The molecule has 1 saturated heterocycles. The van der Waals surface area contributed by atoms with Crippen LogP contribution < -0.4 is 9.64 Å². The van der Waals surface area contributed by atoms with Gasteiger partial charge in [-0.1, -0.05) is 23.7 Å². The van der Waals surface area contributed by atoms with E-state index in [0.29, 0.717) is 17.7 Å². The van der Waals surface area contributed by atoms with E-state index in [0.717, 1.165) is 50.1 Å². The second-order valence-corrected chi connectivity index (χ2v) is 7.41. The summed E-state index contributed by atoms with van der Waals surface area (Å²) in [5, 5.41) is 0.564. The summed E-state index contributed by atoms with van der Waals surface area (Å²) in [6, 6.07) is 10.3. The van der Waals surface area contributed by atoms with Crippen LogP contribution in [0.2, 0.25) is 5.15 Å². The zero-order valence-corrected chi connectivity index (χ0v) is 16.0. The Hall–Kier alpha value is -1.85. The highest BCUT2D eigenvalue weighted by molar-refractivity contribution is 6.29. The quantitative estimate of drug-likeness (QED) is 0.723. The van der Waals surface area contributed by atoms with Crippen molar-refractivity contribution >= 4 is 17.4 Å². The average Bonchev–Trinajstić information content (AvgIpc) is 3.49. The topological polar surface area (TPSA) is 41.5 Å². The summed E-state index contributed by atoms with van der Waals surface area (Å²) in [6.45, 7) is 7.66. The fraction of sp³-hybridized carbons (Fsp3) is 0.500. The molecule has 0 spiro atoms. The molecule has 1 aliphatic heterocycles. The molecule has 26 heavy (non-hydrogen) atoms. The standard InChI is InChI=1S/C20H25ClN4O/c1-2-26-17-7-3-15(4-8-17)14-24-9-11-25(12-10-24)19-13-18(21)22-20(23-19)16-5-6-16/h3-4,7-8,13,16H,2,5-6,9-12,14H2,1H3. The SMILES string of the molecule is CCOc1ccc(CN2CCN(c3cc(Cl)nc(C4CC4)n3)CC2)cc1. The van der Waals surface area contributed by atoms with Gasteiger partial charge in [-0.15, -0.1) is 0 Å². The lowest BCUT2D eigenvalue weighted by Crippen LogP contribution is -2.46. The first-order chi connectivity index (χ1) is 12.7. The van der Waals surface area contributed by atoms with Crippen molar-refractivity contribution in [1.29, 1.82) is 0 Å². The zero-order valence-electron chi connectivity index (χ0n) is 15.2. The van der Waals surface area contributed by atoms with Gasteiger partial charge in [0.25, 0.3) is 0 Å². The van der Waals surface area contributed by atoms with Crippen molar-refractivity contribution in [3.63, 3.8) is 0 Å². The Morgan fingerprint density at radius 3 is 2.46 bits per heavy atom. The number of aromatic nitrogens is 2. The molecule has 6 heteroatoms. The van der Waals surface area contributed by atoms with Crippen LogP contribution in [0.15, 0.2) is 30.3 Å². The Bertz CT molecular complexity index is 740. The Morgan fingerprint density at radius 1 is 1.08 bits per heavy atom. The molecule has 1 saturated carbocycles. The molecule has 2 heterocycles. The van der Waals surface area contributed by atoms with E-state index in [-0.39, 0.29) is 0 Å². The van der Waals surface area contributed by atoms with Gasteiger partial charge in [0.2, 0.25) is 0 Å². The lowest BCUT2D eigenvalue weighted by molar-refractivity contribution is 0.249. The molecule has 2 fully saturated rings. The van der Waals surface area contributed by atoms with Gasteiger partial charge in [-0.3, -0.25) is 4.90 Å². The first-order valence-corrected chi connectivity index (χ1v) is 9.82. The maximum atomic E-state index is 6.21.